The Balaban J connectivity index is 2.15. The van der Waals surface area contributed by atoms with Crippen molar-refractivity contribution >= 4 is 22.1 Å². The van der Waals surface area contributed by atoms with Crippen molar-refractivity contribution < 1.29 is 18.3 Å². The second-order valence-corrected chi connectivity index (χ2v) is 7.30. The first-order valence-electron chi connectivity index (χ1n) is 6.86. The number of carboxylic acid groups (broad SMARTS) is 1. The monoisotopic (exact) mass is 309 g/mol. The van der Waals surface area contributed by atoms with Crippen LogP contribution in [0.4, 0.5) is 0 Å². The fourth-order valence-corrected chi connectivity index (χ4v) is 4.03. The Morgan fingerprint density at radius 3 is 2.33 bits per heavy atom. The molecule has 1 aliphatic rings. The molecule has 1 saturated carbocycles. The van der Waals surface area contributed by atoms with Crippen molar-refractivity contribution in [3.8, 4) is 0 Å². The Morgan fingerprint density at radius 1 is 1.24 bits per heavy atom. The molecule has 21 heavy (non-hydrogen) atoms. The van der Waals surface area contributed by atoms with Crippen LogP contribution in [0.3, 0.4) is 0 Å². The van der Waals surface area contributed by atoms with Crippen LogP contribution in [0.5, 0.6) is 0 Å². The Labute approximate surface area is 124 Å². The topological polar surface area (TPSA) is 83.5 Å². The summed E-state index contributed by atoms with van der Waals surface area (Å²) in [6.07, 6.45) is 6.22. The van der Waals surface area contributed by atoms with Crippen LogP contribution in [0.1, 0.15) is 38.2 Å². The fraction of sp³-hybridized carbons (Fsp3) is 0.400. The Bertz CT molecular complexity index is 641. The molecule has 1 aromatic carbocycles. The molecule has 6 heteroatoms. The zero-order valence-electron chi connectivity index (χ0n) is 11.9. The summed E-state index contributed by atoms with van der Waals surface area (Å²) < 4.78 is 27.5. The molecule has 0 heterocycles. The van der Waals surface area contributed by atoms with Gasteiger partial charge in [-0.3, -0.25) is 0 Å². The zero-order valence-corrected chi connectivity index (χ0v) is 12.7. The molecule has 2 rings (SSSR count). The van der Waals surface area contributed by atoms with Crippen molar-refractivity contribution in [3.63, 3.8) is 0 Å². The normalized spacial score (nSPS) is 18.1. The molecule has 0 radical (unpaired) electrons. The van der Waals surface area contributed by atoms with Gasteiger partial charge in [-0.1, -0.05) is 25.0 Å². The van der Waals surface area contributed by atoms with Gasteiger partial charge < -0.3 is 5.11 Å². The maximum Gasteiger partial charge on any atom is 0.328 e. The summed E-state index contributed by atoms with van der Waals surface area (Å²) in [5, 5.41) is 8.55. The van der Waals surface area contributed by atoms with Crippen LogP contribution < -0.4 is 4.72 Å². The first kappa shape index (κ1) is 15.7. The molecule has 2 N–H and O–H groups in total. The zero-order chi connectivity index (χ0) is 15.5. The second kappa shape index (κ2) is 5.99. The predicted molar refractivity (Wildman–Crippen MR) is 80.3 cm³/mol. The van der Waals surface area contributed by atoms with Gasteiger partial charge in [0.2, 0.25) is 10.0 Å². The highest BCUT2D eigenvalue weighted by Crippen LogP contribution is 2.30. The molecule has 0 bridgehead atoms. The second-order valence-electron chi connectivity index (χ2n) is 5.61. The van der Waals surface area contributed by atoms with E-state index in [2.05, 4.69) is 4.72 Å². The third-order valence-electron chi connectivity index (χ3n) is 3.70. The molecule has 114 valence electrons. The quantitative estimate of drug-likeness (QED) is 0.818. The maximum absolute atomic E-state index is 12.3. The van der Waals surface area contributed by atoms with E-state index < -0.39 is 16.0 Å². The molecule has 0 aromatic heterocycles. The van der Waals surface area contributed by atoms with Gasteiger partial charge in [0.1, 0.15) is 0 Å². The van der Waals surface area contributed by atoms with Crippen LogP contribution in [0.2, 0.25) is 0 Å². The first-order chi connectivity index (χ1) is 9.81. The molecule has 0 atom stereocenters. The van der Waals surface area contributed by atoms with E-state index >= 15 is 0 Å². The number of hydrogen-bond donors (Lipinski definition) is 2. The lowest BCUT2D eigenvalue weighted by Gasteiger charge is -2.24. The molecule has 1 fully saturated rings. The summed E-state index contributed by atoms with van der Waals surface area (Å²) in [4.78, 5) is 10.6. The van der Waals surface area contributed by atoms with Gasteiger partial charge in [0, 0.05) is 11.6 Å². The minimum Gasteiger partial charge on any atom is -0.478 e. The third-order valence-corrected chi connectivity index (χ3v) is 5.35. The predicted octanol–water partition coefficient (Wildman–Crippen LogP) is 2.40. The largest absolute Gasteiger partial charge is 0.478 e. The fourth-order valence-electron chi connectivity index (χ4n) is 2.57. The lowest BCUT2D eigenvalue weighted by Crippen LogP contribution is -2.43. The van der Waals surface area contributed by atoms with Gasteiger partial charge >= 0.3 is 5.97 Å². The van der Waals surface area contributed by atoms with E-state index in [0.29, 0.717) is 5.56 Å². The SMILES string of the molecule is CC1(NS(=O)(=O)c2ccc(C=CC(=O)O)cc2)CCCC1. The number of sulfonamides is 1. The van der Waals surface area contributed by atoms with Gasteiger partial charge in [0.05, 0.1) is 4.90 Å². The molecule has 0 unspecified atom stereocenters. The highest BCUT2D eigenvalue weighted by molar-refractivity contribution is 7.89. The van der Waals surface area contributed by atoms with E-state index in [1.807, 2.05) is 6.92 Å². The molecule has 0 saturated heterocycles. The highest BCUT2D eigenvalue weighted by atomic mass is 32.2. The van der Waals surface area contributed by atoms with E-state index in [4.69, 9.17) is 5.11 Å². The van der Waals surface area contributed by atoms with E-state index in [1.165, 1.54) is 18.2 Å². The number of nitrogens with one attached hydrogen (secondary N) is 1. The number of carbonyl (C=O) groups is 1. The van der Waals surface area contributed by atoms with Crippen LogP contribution in [0, 0.1) is 0 Å². The number of hydrogen-bond acceptors (Lipinski definition) is 3. The Kier molecular flexibility index (Phi) is 4.49. The minimum atomic E-state index is -3.54. The average molecular weight is 309 g/mol. The van der Waals surface area contributed by atoms with Crippen molar-refractivity contribution in [1.82, 2.24) is 4.72 Å². The summed E-state index contributed by atoms with van der Waals surface area (Å²) >= 11 is 0. The van der Waals surface area contributed by atoms with E-state index in [0.717, 1.165) is 31.8 Å². The summed E-state index contributed by atoms with van der Waals surface area (Å²) in [5.74, 6) is -1.04. The highest BCUT2D eigenvalue weighted by Gasteiger charge is 2.33. The van der Waals surface area contributed by atoms with Crippen LogP contribution >= 0.6 is 0 Å². The van der Waals surface area contributed by atoms with Crippen molar-refractivity contribution in [2.45, 2.75) is 43.0 Å². The summed E-state index contributed by atoms with van der Waals surface area (Å²) in [5.41, 5.74) is 0.282. The van der Waals surface area contributed by atoms with E-state index in [9.17, 15) is 13.2 Å². The lowest BCUT2D eigenvalue weighted by atomic mass is 10.0. The third kappa shape index (κ3) is 4.15. The van der Waals surface area contributed by atoms with E-state index in [1.54, 1.807) is 12.1 Å². The molecule has 5 nitrogen and oxygen atoms in total. The standard InChI is InChI=1S/C15H19NO4S/c1-15(10-2-3-11-15)16-21(19,20)13-7-4-12(5-8-13)6-9-14(17)18/h4-9,16H,2-3,10-11H2,1H3,(H,17,18). The molecule has 0 aliphatic heterocycles. The average Bonchev–Trinajstić information content (AvgIpc) is 2.82. The minimum absolute atomic E-state index is 0.197. The van der Waals surface area contributed by atoms with Gasteiger partial charge in [-0.15, -0.1) is 0 Å². The molecular formula is C15H19NO4S. The number of benzene rings is 1. The number of carboxylic acids is 1. The van der Waals surface area contributed by atoms with Gasteiger partial charge in [0.25, 0.3) is 0 Å². The van der Waals surface area contributed by atoms with Crippen molar-refractivity contribution in [3.05, 3.63) is 35.9 Å². The van der Waals surface area contributed by atoms with Gasteiger partial charge in [0.15, 0.2) is 0 Å². The molecular weight excluding hydrogens is 290 g/mol. The van der Waals surface area contributed by atoms with Crippen LogP contribution in [0.25, 0.3) is 6.08 Å². The molecule has 1 aromatic rings. The summed E-state index contributed by atoms with van der Waals surface area (Å²) in [6.45, 7) is 1.93. The van der Waals surface area contributed by atoms with Crippen LogP contribution in [-0.4, -0.2) is 25.0 Å². The smallest absolute Gasteiger partial charge is 0.328 e. The molecule has 0 amide bonds. The molecule has 0 spiro atoms. The summed E-state index contributed by atoms with van der Waals surface area (Å²) in [7, 11) is -3.54. The van der Waals surface area contributed by atoms with Gasteiger partial charge in [-0.05, 0) is 43.5 Å². The van der Waals surface area contributed by atoms with Crippen LogP contribution in [-0.2, 0) is 14.8 Å². The Morgan fingerprint density at radius 2 is 1.81 bits per heavy atom. The van der Waals surface area contributed by atoms with Crippen LogP contribution in [0.15, 0.2) is 35.2 Å². The summed E-state index contributed by atoms with van der Waals surface area (Å²) in [6, 6.07) is 6.15. The van der Waals surface area contributed by atoms with Gasteiger partial charge in [-0.25, -0.2) is 17.9 Å². The van der Waals surface area contributed by atoms with Crippen molar-refractivity contribution in [2.24, 2.45) is 0 Å². The maximum atomic E-state index is 12.3. The number of rotatable bonds is 5. The van der Waals surface area contributed by atoms with Crippen molar-refractivity contribution in [2.75, 3.05) is 0 Å². The first-order valence-corrected chi connectivity index (χ1v) is 8.34. The molecule has 1 aliphatic carbocycles. The van der Waals surface area contributed by atoms with Gasteiger partial charge in [-0.2, -0.15) is 0 Å². The van der Waals surface area contributed by atoms with E-state index in [-0.39, 0.29) is 10.4 Å². The van der Waals surface area contributed by atoms with Crippen molar-refractivity contribution in [1.29, 1.82) is 0 Å². The lowest BCUT2D eigenvalue weighted by molar-refractivity contribution is -0.131. The Hall–Kier alpha value is -1.66. The number of aliphatic carboxylic acids is 1.